The molecular formula is C24H30ClNO4S. The highest BCUT2D eigenvalue weighted by molar-refractivity contribution is 7.14. The molecule has 0 saturated heterocycles. The number of aryl methyl sites for hydroxylation is 1. The third kappa shape index (κ3) is 5.80. The van der Waals surface area contributed by atoms with Crippen molar-refractivity contribution in [3.8, 4) is 5.75 Å². The molecular weight excluding hydrogens is 434 g/mol. The first-order valence-corrected chi connectivity index (χ1v) is 12.1. The number of nitrogens with one attached hydrogen (secondary N) is 1. The van der Waals surface area contributed by atoms with E-state index in [1.165, 1.54) is 11.3 Å². The van der Waals surface area contributed by atoms with Crippen LogP contribution >= 0.6 is 22.9 Å². The average Bonchev–Trinajstić information content (AvgIpc) is 3.17. The van der Waals surface area contributed by atoms with E-state index in [9.17, 15) is 14.7 Å². The average molecular weight is 464 g/mol. The predicted molar refractivity (Wildman–Crippen MR) is 124 cm³/mol. The van der Waals surface area contributed by atoms with E-state index in [0.717, 1.165) is 36.1 Å². The van der Waals surface area contributed by atoms with Crippen LogP contribution in [0.4, 0.5) is 0 Å². The van der Waals surface area contributed by atoms with E-state index in [2.05, 4.69) is 12.2 Å². The topological polar surface area (TPSA) is 75.6 Å². The van der Waals surface area contributed by atoms with Crippen molar-refractivity contribution in [2.75, 3.05) is 6.61 Å². The highest BCUT2D eigenvalue weighted by Gasteiger charge is 2.43. The van der Waals surface area contributed by atoms with E-state index >= 15 is 0 Å². The lowest BCUT2D eigenvalue weighted by Crippen LogP contribution is -2.56. The van der Waals surface area contributed by atoms with Gasteiger partial charge in [-0.2, -0.15) is 0 Å². The predicted octanol–water partition coefficient (Wildman–Crippen LogP) is 5.74. The molecule has 1 saturated carbocycles. The molecule has 2 N–H and O–H groups in total. The molecule has 1 heterocycles. The van der Waals surface area contributed by atoms with E-state index < -0.39 is 11.5 Å². The molecule has 5 nitrogen and oxygen atoms in total. The van der Waals surface area contributed by atoms with E-state index in [4.69, 9.17) is 16.3 Å². The maximum Gasteiger partial charge on any atom is 0.329 e. The summed E-state index contributed by atoms with van der Waals surface area (Å²) < 4.78 is 5.96. The van der Waals surface area contributed by atoms with Crippen molar-refractivity contribution >= 4 is 34.8 Å². The number of halogens is 1. The minimum Gasteiger partial charge on any atom is -0.492 e. The summed E-state index contributed by atoms with van der Waals surface area (Å²) in [5.41, 5.74) is -0.0861. The van der Waals surface area contributed by atoms with Crippen LogP contribution in [-0.4, -0.2) is 29.1 Å². The zero-order valence-electron chi connectivity index (χ0n) is 18.1. The van der Waals surface area contributed by atoms with E-state index in [-0.39, 0.29) is 5.91 Å². The second-order valence-corrected chi connectivity index (χ2v) is 9.75. The molecule has 0 atom stereocenters. The first-order chi connectivity index (χ1) is 14.9. The van der Waals surface area contributed by atoms with Gasteiger partial charge < -0.3 is 15.2 Å². The summed E-state index contributed by atoms with van der Waals surface area (Å²) in [5, 5.41) is 13.4. The summed E-state index contributed by atoms with van der Waals surface area (Å²) in [6, 6.07) is 9.40. The molecule has 1 aromatic carbocycles. The number of hydrogen-bond donors (Lipinski definition) is 2. The van der Waals surface area contributed by atoms with Crippen molar-refractivity contribution in [3.05, 3.63) is 50.7 Å². The summed E-state index contributed by atoms with van der Waals surface area (Å²) >= 11 is 7.40. The maximum absolute atomic E-state index is 13.0. The van der Waals surface area contributed by atoms with Gasteiger partial charge in [-0.25, -0.2) is 4.79 Å². The van der Waals surface area contributed by atoms with Gasteiger partial charge in [-0.15, -0.1) is 11.3 Å². The number of carboxylic acid groups (broad SMARTS) is 1. The fraction of sp³-hybridized carbons (Fsp3) is 0.500. The van der Waals surface area contributed by atoms with Crippen LogP contribution in [0.3, 0.4) is 0 Å². The number of thiophene rings is 1. The van der Waals surface area contributed by atoms with Crippen molar-refractivity contribution in [1.82, 2.24) is 5.32 Å². The zero-order valence-corrected chi connectivity index (χ0v) is 19.7. The molecule has 1 fully saturated rings. The molecule has 1 aromatic heterocycles. The van der Waals surface area contributed by atoms with Crippen molar-refractivity contribution in [2.24, 2.45) is 5.92 Å². The molecule has 1 aliphatic rings. The van der Waals surface area contributed by atoms with E-state index in [1.807, 2.05) is 31.2 Å². The molecule has 7 heteroatoms. The van der Waals surface area contributed by atoms with Gasteiger partial charge in [0.1, 0.15) is 11.3 Å². The van der Waals surface area contributed by atoms with Crippen molar-refractivity contribution < 1.29 is 19.4 Å². The van der Waals surface area contributed by atoms with E-state index in [1.54, 1.807) is 6.07 Å². The number of aliphatic carboxylic acids is 1. The summed E-state index contributed by atoms with van der Waals surface area (Å²) in [7, 11) is 0. The van der Waals surface area contributed by atoms with Gasteiger partial charge >= 0.3 is 5.97 Å². The molecule has 0 radical (unpaired) electrons. The van der Waals surface area contributed by atoms with Gasteiger partial charge in [0.2, 0.25) is 0 Å². The van der Waals surface area contributed by atoms with Crippen LogP contribution in [0.5, 0.6) is 5.75 Å². The Kier molecular flexibility index (Phi) is 8.00. The number of carbonyl (C=O) groups is 2. The Morgan fingerprint density at radius 3 is 2.61 bits per heavy atom. The third-order valence-corrected chi connectivity index (χ3v) is 7.65. The molecule has 2 aromatic rings. The number of carboxylic acids is 1. The van der Waals surface area contributed by atoms with Crippen LogP contribution in [0.15, 0.2) is 30.3 Å². The van der Waals surface area contributed by atoms with Gasteiger partial charge in [0.25, 0.3) is 5.91 Å². The Balaban J connectivity index is 1.66. The van der Waals surface area contributed by atoms with Gasteiger partial charge in [-0.05, 0) is 55.7 Å². The van der Waals surface area contributed by atoms with Crippen LogP contribution in [0, 0.1) is 5.92 Å². The summed E-state index contributed by atoms with van der Waals surface area (Å²) in [6.45, 7) is 4.62. The Morgan fingerprint density at radius 2 is 2.00 bits per heavy atom. The van der Waals surface area contributed by atoms with Crippen LogP contribution in [-0.2, 0) is 17.6 Å². The number of rotatable bonds is 9. The van der Waals surface area contributed by atoms with Crippen molar-refractivity contribution in [1.29, 1.82) is 0 Å². The van der Waals surface area contributed by atoms with Gasteiger partial charge in [-0.3, -0.25) is 4.79 Å². The maximum atomic E-state index is 13.0. The molecule has 0 unspecified atom stereocenters. The number of hydrogen-bond acceptors (Lipinski definition) is 4. The normalized spacial score (nSPS) is 20.9. The Hall–Kier alpha value is -2.05. The minimum absolute atomic E-state index is 0.332. The molecule has 0 bridgehead atoms. The largest absolute Gasteiger partial charge is 0.492 e. The lowest BCUT2D eigenvalue weighted by Gasteiger charge is -2.37. The number of amides is 1. The Morgan fingerprint density at radius 1 is 1.26 bits per heavy atom. The van der Waals surface area contributed by atoms with Crippen molar-refractivity contribution in [3.63, 3.8) is 0 Å². The zero-order chi connectivity index (χ0) is 22.4. The number of ether oxygens (including phenoxy) is 1. The smallest absolute Gasteiger partial charge is 0.329 e. The quantitative estimate of drug-likeness (QED) is 0.497. The molecule has 0 aliphatic heterocycles. The number of carbonyl (C=O) groups excluding carboxylic acids is 1. The minimum atomic E-state index is -1.17. The SMILES string of the molecule is CCc1sc(C(=O)N[C@]2(C(=O)O)CC[C@@H](CC)CC2)cc1OCCc1cccc(Cl)c1. The number of benzene rings is 1. The van der Waals surface area contributed by atoms with Gasteiger partial charge in [-0.1, -0.05) is 44.0 Å². The fourth-order valence-corrected chi connectivity index (χ4v) is 5.26. The Labute approximate surface area is 192 Å². The lowest BCUT2D eigenvalue weighted by atomic mass is 9.75. The summed E-state index contributed by atoms with van der Waals surface area (Å²) in [6.07, 6.45) is 5.10. The highest BCUT2D eigenvalue weighted by Crippen LogP contribution is 2.35. The third-order valence-electron chi connectivity index (χ3n) is 6.15. The lowest BCUT2D eigenvalue weighted by molar-refractivity contribution is -0.146. The fourth-order valence-electron chi connectivity index (χ4n) is 4.11. The second-order valence-electron chi connectivity index (χ2n) is 8.17. The molecule has 1 aliphatic carbocycles. The molecule has 31 heavy (non-hydrogen) atoms. The van der Waals surface area contributed by atoms with Crippen molar-refractivity contribution in [2.45, 2.75) is 64.3 Å². The van der Waals surface area contributed by atoms with Crippen LogP contribution < -0.4 is 10.1 Å². The van der Waals surface area contributed by atoms with Gasteiger partial charge in [0.15, 0.2) is 0 Å². The van der Waals surface area contributed by atoms with Crippen LogP contribution in [0.2, 0.25) is 5.02 Å². The second kappa shape index (κ2) is 10.5. The van der Waals surface area contributed by atoms with Gasteiger partial charge in [0.05, 0.1) is 11.5 Å². The van der Waals surface area contributed by atoms with Crippen LogP contribution in [0.25, 0.3) is 0 Å². The first-order valence-electron chi connectivity index (χ1n) is 10.9. The first kappa shape index (κ1) is 23.6. The summed E-state index contributed by atoms with van der Waals surface area (Å²) in [4.78, 5) is 26.4. The highest BCUT2D eigenvalue weighted by atomic mass is 35.5. The molecule has 1 amide bonds. The van der Waals surface area contributed by atoms with Crippen LogP contribution in [0.1, 0.15) is 66.1 Å². The molecule has 168 valence electrons. The molecule has 0 spiro atoms. The Bertz CT molecular complexity index is 918. The van der Waals surface area contributed by atoms with Gasteiger partial charge in [0, 0.05) is 22.4 Å². The van der Waals surface area contributed by atoms with E-state index in [0.29, 0.717) is 47.4 Å². The summed E-state index contributed by atoms with van der Waals surface area (Å²) in [5.74, 6) is -0.0431. The molecule has 3 rings (SSSR count). The standard InChI is InChI=1S/C24H30ClNO4S/c1-3-16-8-11-24(12-9-16,23(28)29)26-22(27)21-15-19(20(4-2)31-21)30-13-10-17-6-5-7-18(25)14-17/h5-7,14-16H,3-4,8-13H2,1-2H3,(H,26,27)(H,28,29)/t16-,24-. The monoisotopic (exact) mass is 463 g/mol.